The Kier molecular flexibility index (Phi) is 6.12. The molecule has 1 aromatic heterocycles. The maximum absolute atomic E-state index is 12.1. The Morgan fingerprint density at radius 2 is 2.39 bits per heavy atom. The van der Waals surface area contributed by atoms with Crippen molar-refractivity contribution in [2.45, 2.75) is 32.2 Å². The van der Waals surface area contributed by atoms with Gasteiger partial charge in [-0.15, -0.1) is 12.4 Å². The van der Waals surface area contributed by atoms with Gasteiger partial charge in [-0.2, -0.15) is 11.3 Å². The molecule has 0 aromatic carbocycles. The van der Waals surface area contributed by atoms with Crippen molar-refractivity contribution in [3.8, 4) is 0 Å². The van der Waals surface area contributed by atoms with Crippen LogP contribution in [-0.4, -0.2) is 29.9 Å². The van der Waals surface area contributed by atoms with Crippen molar-refractivity contribution in [1.29, 1.82) is 0 Å². The summed E-state index contributed by atoms with van der Waals surface area (Å²) < 4.78 is 0. The molecular weight excluding hydrogens is 268 g/mol. The lowest BCUT2D eigenvalue weighted by Crippen LogP contribution is -2.34. The topological polar surface area (TPSA) is 46.3 Å². The van der Waals surface area contributed by atoms with E-state index in [9.17, 15) is 4.79 Å². The van der Waals surface area contributed by atoms with Crippen LogP contribution in [0.4, 0.5) is 0 Å². The van der Waals surface area contributed by atoms with Crippen LogP contribution in [0.3, 0.4) is 0 Å². The summed E-state index contributed by atoms with van der Waals surface area (Å²) >= 11 is 1.69. The van der Waals surface area contributed by atoms with Crippen LogP contribution in [0.15, 0.2) is 16.8 Å². The van der Waals surface area contributed by atoms with E-state index in [0.29, 0.717) is 24.9 Å². The molecule has 0 spiro atoms. The van der Waals surface area contributed by atoms with E-state index in [4.69, 9.17) is 5.73 Å². The Balaban J connectivity index is 0.00000162. The number of nitrogens with two attached hydrogens (primary N) is 1. The molecule has 18 heavy (non-hydrogen) atoms. The van der Waals surface area contributed by atoms with E-state index >= 15 is 0 Å². The Labute approximate surface area is 119 Å². The highest BCUT2D eigenvalue weighted by Crippen LogP contribution is 2.23. The second kappa shape index (κ2) is 7.12. The highest BCUT2D eigenvalue weighted by molar-refractivity contribution is 7.07. The minimum absolute atomic E-state index is 0. The standard InChI is InChI=1S/C13H20N2OS.ClH/c1-10-6-12(7-14)8-15(10)13(16)3-2-11-4-5-17-9-11;/h4-5,9-10,12H,2-3,6-8,14H2,1H3;1H. The monoisotopic (exact) mass is 288 g/mol. The van der Waals surface area contributed by atoms with Crippen LogP contribution in [0.2, 0.25) is 0 Å². The van der Waals surface area contributed by atoms with Crippen LogP contribution in [0.25, 0.3) is 0 Å². The summed E-state index contributed by atoms with van der Waals surface area (Å²) in [5, 5.41) is 4.17. The average molecular weight is 289 g/mol. The molecule has 1 saturated heterocycles. The normalized spacial score (nSPS) is 22.9. The van der Waals surface area contributed by atoms with E-state index in [2.05, 4.69) is 23.8 Å². The fraction of sp³-hybridized carbons (Fsp3) is 0.615. The van der Waals surface area contributed by atoms with Gasteiger partial charge in [-0.25, -0.2) is 0 Å². The molecule has 0 radical (unpaired) electrons. The largest absolute Gasteiger partial charge is 0.340 e. The van der Waals surface area contributed by atoms with E-state index in [1.807, 2.05) is 4.90 Å². The Hall–Kier alpha value is -0.580. The number of carbonyl (C=O) groups excluding carboxylic acids is 1. The van der Waals surface area contributed by atoms with Gasteiger partial charge >= 0.3 is 0 Å². The molecule has 1 aromatic rings. The first kappa shape index (κ1) is 15.5. The van der Waals surface area contributed by atoms with Gasteiger partial charge in [-0.3, -0.25) is 4.79 Å². The van der Waals surface area contributed by atoms with Gasteiger partial charge in [0.1, 0.15) is 0 Å². The predicted molar refractivity (Wildman–Crippen MR) is 78.2 cm³/mol. The molecule has 2 rings (SSSR count). The molecule has 2 unspecified atom stereocenters. The van der Waals surface area contributed by atoms with Gasteiger partial charge in [0, 0.05) is 19.0 Å². The number of nitrogens with zero attached hydrogens (tertiary/aromatic N) is 1. The molecule has 0 bridgehead atoms. The molecule has 1 amide bonds. The lowest BCUT2D eigenvalue weighted by molar-refractivity contribution is -0.131. The summed E-state index contributed by atoms with van der Waals surface area (Å²) in [6.45, 7) is 3.66. The quantitative estimate of drug-likeness (QED) is 0.924. The maximum Gasteiger partial charge on any atom is 0.223 e. The van der Waals surface area contributed by atoms with Gasteiger partial charge in [0.15, 0.2) is 0 Å². The number of aryl methyl sites for hydroxylation is 1. The molecule has 2 atom stereocenters. The molecule has 2 N–H and O–H groups in total. The molecule has 1 aliphatic heterocycles. The number of amides is 1. The molecule has 1 fully saturated rings. The van der Waals surface area contributed by atoms with E-state index in [1.54, 1.807) is 11.3 Å². The highest BCUT2D eigenvalue weighted by Gasteiger charge is 2.30. The minimum Gasteiger partial charge on any atom is -0.340 e. The number of thiophene rings is 1. The zero-order chi connectivity index (χ0) is 12.3. The molecule has 3 nitrogen and oxygen atoms in total. The summed E-state index contributed by atoms with van der Waals surface area (Å²) in [4.78, 5) is 14.1. The smallest absolute Gasteiger partial charge is 0.223 e. The van der Waals surface area contributed by atoms with Gasteiger partial charge in [-0.05, 0) is 54.6 Å². The van der Waals surface area contributed by atoms with Gasteiger partial charge in [0.25, 0.3) is 0 Å². The summed E-state index contributed by atoms with van der Waals surface area (Å²) in [6, 6.07) is 2.45. The first-order chi connectivity index (χ1) is 8.20. The first-order valence-corrected chi connectivity index (χ1v) is 7.15. The third-order valence-corrected chi connectivity index (χ3v) is 4.25. The summed E-state index contributed by atoms with van der Waals surface area (Å²) in [5.41, 5.74) is 6.94. The first-order valence-electron chi connectivity index (χ1n) is 6.21. The van der Waals surface area contributed by atoms with Crippen LogP contribution in [0.1, 0.15) is 25.3 Å². The fourth-order valence-corrected chi connectivity index (χ4v) is 3.19. The van der Waals surface area contributed by atoms with Crippen molar-refractivity contribution in [2.75, 3.05) is 13.1 Å². The lowest BCUT2D eigenvalue weighted by Gasteiger charge is -2.21. The summed E-state index contributed by atoms with van der Waals surface area (Å²) in [6.07, 6.45) is 2.54. The zero-order valence-corrected chi connectivity index (χ0v) is 12.3. The molecule has 1 aliphatic rings. The summed E-state index contributed by atoms with van der Waals surface area (Å²) in [7, 11) is 0. The van der Waals surface area contributed by atoms with Crippen LogP contribution < -0.4 is 5.73 Å². The SMILES string of the molecule is CC1CC(CN)CN1C(=O)CCc1ccsc1.Cl. The van der Waals surface area contributed by atoms with E-state index in [0.717, 1.165) is 19.4 Å². The Morgan fingerprint density at radius 1 is 1.61 bits per heavy atom. The number of halogens is 1. The number of hydrogen-bond acceptors (Lipinski definition) is 3. The van der Waals surface area contributed by atoms with Gasteiger partial charge in [0.2, 0.25) is 5.91 Å². The van der Waals surface area contributed by atoms with E-state index in [-0.39, 0.29) is 18.3 Å². The van der Waals surface area contributed by atoms with Gasteiger partial charge in [-0.1, -0.05) is 0 Å². The van der Waals surface area contributed by atoms with Crippen molar-refractivity contribution in [3.05, 3.63) is 22.4 Å². The average Bonchev–Trinajstić information content (AvgIpc) is 2.94. The van der Waals surface area contributed by atoms with Crippen molar-refractivity contribution in [1.82, 2.24) is 4.90 Å². The maximum atomic E-state index is 12.1. The number of rotatable bonds is 4. The zero-order valence-electron chi connectivity index (χ0n) is 10.7. The molecular formula is C13H21ClN2OS. The van der Waals surface area contributed by atoms with Gasteiger partial charge < -0.3 is 10.6 Å². The molecule has 0 aliphatic carbocycles. The van der Waals surface area contributed by atoms with Crippen molar-refractivity contribution >= 4 is 29.7 Å². The number of carbonyl (C=O) groups is 1. The minimum atomic E-state index is 0. The van der Waals surface area contributed by atoms with Crippen molar-refractivity contribution in [2.24, 2.45) is 11.7 Å². The van der Waals surface area contributed by atoms with Gasteiger partial charge in [0.05, 0.1) is 0 Å². The molecule has 102 valence electrons. The Bertz CT molecular complexity index is 369. The van der Waals surface area contributed by atoms with Crippen LogP contribution in [0.5, 0.6) is 0 Å². The summed E-state index contributed by atoms with van der Waals surface area (Å²) in [5.74, 6) is 0.773. The third-order valence-electron chi connectivity index (χ3n) is 3.52. The Morgan fingerprint density at radius 3 is 2.94 bits per heavy atom. The third kappa shape index (κ3) is 3.70. The van der Waals surface area contributed by atoms with Crippen LogP contribution in [0, 0.1) is 5.92 Å². The predicted octanol–water partition coefficient (Wildman–Crippen LogP) is 2.30. The highest BCUT2D eigenvalue weighted by atomic mass is 35.5. The second-order valence-electron chi connectivity index (χ2n) is 4.86. The number of likely N-dealkylation sites (tertiary alicyclic amines) is 1. The van der Waals surface area contributed by atoms with Crippen LogP contribution in [-0.2, 0) is 11.2 Å². The lowest BCUT2D eigenvalue weighted by atomic mass is 10.1. The number of hydrogen-bond donors (Lipinski definition) is 1. The van der Waals surface area contributed by atoms with E-state index < -0.39 is 0 Å². The fourth-order valence-electron chi connectivity index (χ4n) is 2.49. The van der Waals surface area contributed by atoms with E-state index in [1.165, 1.54) is 5.56 Å². The van der Waals surface area contributed by atoms with Crippen LogP contribution >= 0.6 is 23.7 Å². The molecule has 0 saturated carbocycles. The molecule has 5 heteroatoms. The van der Waals surface area contributed by atoms with Crippen molar-refractivity contribution < 1.29 is 4.79 Å². The second-order valence-corrected chi connectivity index (χ2v) is 5.64. The van der Waals surface area contributed by atoms with Crippen molar-refractivity contribution in [3.63, 3.8) is 0 Å². The molecule has 2 heterocycles.